The van der Waals surface area contributed by atoms with Crippen molar-refractivity contribution >= 4 is 16.1 Å². The van der Waals surface area contributed by atoms with Crippen molar-refractivity contribution in [1.82, 2.24) is 4.31 Å². The van der Waals surface area contributed by atoms with Crippen LogP contribution in [0.4, 0.5) is 0 Å². The van der Waals surface area contributed by atoms with Crippen LogP contribution in [0.2, 0.25) is 0 Å². The molecule has 1 saturated heterocycles. The zero-order valence-electron chi connectivity index (χ0n) is 12.5. The average Bonchev–Trinajstić information content (AvgIpc) is 2.44. The average molecular weight is 308 g/mol. The monoisotopic (exact) mass is 308 g/mol. The van der Waals surface area contributed by atoms with Gasteiger partial charge in [-0.1, -0.05) is 13.0 Å². The fraction of sp³-hybridized carbons (Fsp3) is 0.533. The van der Waals surface area contributed by atoms with Crippen molar-refractivity contribution in [3.05, 3.63) is 29.3 Å². The Morgan fingerprint density at radius 3 is 2.62 bits per heavy atom. The molecule has 1 aliphatic heterocycles. The standard InChI is InChI=1S/C15H20N2O3S/c1-11-6-7-14(9-13(11)3)21(19,20)17-8-4-5-12(2)15(17)16-10-18/h6-7,9,12,15H,4-5,8H2,1-3H3. The van der Waals surface area contributed by atoms with E-state index in [1.54, 1.807) is 18.2 Å². The number of nitrogens with zero attached hydrogens (tertiary/aromatic N) is 2. The molecule has 0 saturated carbocycles. The van der Waals surface area contributed by atoms with E-state index in [1.807, 2.05) is 20.8 Å². The van der Waals surface area contributed by atoms with Crippen LogP contribution < -0.4 is 0 Å². The molecule has 21 heavy (non-hydrogen) atoms. The molecule has 1 aromatic carbocycles. The summed E-state index contributed by atoms with van der Waals surface area (Å²) in [5, 5.41) is 0. The van der Waals surface area contributed by atoms with Crippen LogP contribution in [-0.2, 0) is 14.8 Å². The minimum atomic E-state index is -3.64. The maximum absolute atomic E-state index is 12.8. The number of hydrogen-bond donors (Lipinski definition) is 0. The van der Waals surface area contributed by atoms with Gasteiger partial charge in [-0.2, -0.15) is 9.30 Å². The molecule has 0 aromatic heterocycles. The Morgan fingerprint density at radius 1 is 1.29 bits per heavy atom. The minimum Gasteiger partial charge on any atom is -0.211 e. The van der Waals surface area contributed by atoms with Gasteiger partial charge in [-0.3, -0.25) is 0 Å². The summed E-state index contributed by atoms with van der Waals surface area (Å²) in [5.41, 5.74) is 1.97. The van der Waals surface area contributed by atoms with Gasteiger partial charge in [0.1, 0.15) is 6.17 Å². The first kappa shape index (κ1) is 15.9. The first-order valence-corrected chi connectivity index (χ1v) is 8.48. The van der Waals surface area contributed by atoms with Gasteiger partial charge in [0.2, 0.25) is 16.1 Å². The second kappa shape index (κ2) is 6.10. The molecule has 0 N–H and O–H groups in total. The highest BCUT2D eigenvalue weighted by molar-refractivity contribution is 7.89. The Balaban J connectivity index is 2.45. The van der Waals surface area contributed by atoms with Crippen molar-refractivity contribution in [1.29, 1.82) is 0 Å². The first-order valence-electron chi connectivity index (χ1n) is 7.04. The molecule has 0 bridgehead atoms. The molecule has 0 radical (unpaired) electrons. The van der Waals surface area contributed by atoms with Crippen LogP contribution in [0.15, 0.2) is 28.1 Å². The van der Waals surface area contributed by atoms with E-state index in [4.69, 9.17) is 0 Å². The lowest BCUT2D eigenvalue weighted by Crippen LogP contribution is -2.46. The second-order valence-corrected chi connectivity index (χ2v) is 7.51. The molecule has 1 aliphatic rings. The Labute approximate surface area is 125 Å². The molecule has 1 heterocycles. The number of piperidine rings is 1. The van der Waals surface area contributed by atoms with Crippen molar-refractivity contribution in [2.75, 3.05) is 6.54 Å². The number of benzene rings is 1. The van der Waals surface area contributed by atoms with Gasteiger partial charge < -0.3 is 0 Å². The van der Waals surface area contributed by atoms with Crippen LogP contribution in [0, 0.1) is 19.8 Å². The highest BCUT2D eigenvalue weighted by atomic mass is 32.2. The van der Waals surface area contributed by atoms with Crippen LogP contribution >= 0.6 is 0 Å². The summed E-state index contributed by atoms with van der Waals surface area (Å²) >= 11 is 0. The second-order valence-electron chi connectivity index (χ2n) is 5.62. The summed E-state index contributed by atoms with van der Waals surface area (Å²) in [6.45, 7) is 6.12. The third-order valence-electron chi connectivity index (χ3n) is 4.11. The van der Waals surface area contributed by atoms with E-state index >= 15 is 0 Å². The van der Waals surface area contributed by atoms with Gasteiger partial charge in [0.25, 0.3) is 0 Å². The van der Waals surface area contributed by atoms with Crippen LogP contribution in [0.1, 0.15) is 30.9 Å². The van der Waals surface area contributed by atoms with Gasteiger partial charge in [-0.15, -0.1) is 0 Å². The molecule has 0 aliphatic carbocycles. The largest absolute Gasteiger partial charge is 0.244 e. The Hall–Kier alpha value is -1.49. The lowest BCUT2D eigenvalue weighted by molar-refractivity contribution is 0.194. The van der Waals surface area contributed by atoms with E-state index in [1.165, 1.54) is 10.4 Å². The number of isocyanates is 1. The maximum Gasteiger partial charge on any atom is 0.244 e. The summed E-state index contributed by atoms with van der Waals surface area (Å²) in [6.07, 6.45) is 2.49. The summed E-state index contributed by atoms with van der Waals surface area (Å²) in [6, 6.07) is 5.08. The van der Waals surface area contributed by atoms with E-state index in [0.717, 1.165) is 24.0 Å². The Morgan fingerprint density at radius 2 is 2.00 bits per heavy atom. The Kier molecular flexibility index (Phi) is 4.61. The molecule has 0 spiro atoms. The van der Waals surface area contributed by atoms with Gasteiger partial charge in [-0.25, -0.2) is 13.2 Å². The smallest absolute Gasteiger partial charge is 0.211 e. The minimum absolute atomic E-state index is 0.0153. The van der Waals surface area contributed by atoms with Gasteiger partial charge >= 0.3 is 0 Å². The molecular formula is C15H20N2O3S. The van der Waals surface area contributed by atoms with Gasteiger partial charge in [0, 0.05) is 6.54 Å². The third kappa shape index (κ3) is 3.07. The molecule has 6 heteroatoms. The van der Waals surface area contributed by atoms with Gasteiger partial charge in [0.05, 0.1) is 4.90 Å². The lowest BCUT2D eigenvalue weighted by atomic mass is 9.98. The van der Waals surface area contributed by atoms with Crippen molar-refractivity contribution < 1.29 is 13.2 Å². The summed E-state index contributed by atoms with van der Waals surface area (Å²) in [4.78, 5) is 14.6. The molecule has 2 unspecified atom stereocenters. The zero-order valence-corrected chi connectivity index (χ0v) is 13.4. The van der Waals surface area contributed by atoms with Gasteiger partial charge in [-0.05, 0) is 55.9 Å². The maximum atomic E-state index is 12.8. The number of aryl methyl sites for hydroxylation is 2. The molecule has 2 rings (SSSR count). The van der Waals surface area contributed by atoms with E-state index in [9.17, 15) is 13.2 Å². The van der Waals surface area contributed by atoms with E-state index in [0.29, 0.717) is 6.54 Å². The van der Waals surface area contributed by atoms with Crippen molar-refractivity contribution in [3.8, 4) is 0 Å². The van der Waals surface area contributed by atoms with Crippen LogP contribution in [0.3, 0.4) is 0 Å². The molecular weight excluding hydrogens is 288 g/mol. The SMILES string of the molecule is Cc1ccc(S(=O)(=O)N2CCCC(C)C2N=C=O)cc1C. The van der Waals surface area contributed by atoms with E-state index in [2.05, 4.69) is 4.99 Å². The topological polar surface area (TPSA) is 66.8 Å². The summed E-state index contributed by atoms with van der Waals surface area (Å²) in [7, 11) is -3.64. The highest BCUT2D eigenvalue weighted by Gasteiger charge is 2.37. The van der Waals surface area contributed by atoms with E-state index < -0.39 is 16.2 Å². The molecule has 5 nitrogen and oxygen atoms in total. The number of aliphatic imine (C=N–C) groups is 1. The summed E-state index contributed by atoms with van der Waals surface area (Å²) < 4.78 is 27.0. The highest BCUT2D eigenvalue weighted by Crippen LogP contribution is 2.30. The van der Waals surface area contributed by atoms with Crippen molar-refractivity contribution in [2.45, 2.75) is 44.7 Å². The van der Waals surface area contributed by atoms with Crippen LogP contribution in [-0.4, -0.2) is 31.5 Å². The predicted molar refractivity (Wildman–Crippen MR) is 80.1 cm³/mol. The molecule has 1 fully saturated rings. The molecule has 114 valence electrons. The third-order valence-corrected chi connectivity index (χ3v) is 5.98. The molecule has 2 atom stereocenters. The summed E-state index contributed by atoms with van der Waals surface area (Å²) in [5.74, 6) is 0.0153. The lowest BCUT2D eigenvalue weighted by Gasteiger charge is -2.35. The normalized spacial score (nSPS) is 23.6. The molecule has 1 aromatic rings. The predicted octanol–water partition coefficient (Wildman–Crippen LogP) is 2.39. The van der Waals surface area contributed by atoms with Gasteiger partial charge in [0.15, 0.2) is 0 Å². The quantitative estimate of drug-likeness (QED) is 0.636. The van der Waals surface area contributed by atoms with Crippen molar-refractivity contribution in [3.63, 3.8) is 0 Å². The van der Waals surface area contributed by atoms with Crippen molar-refractivity contribution in [2.24, 2.45) is 10.9 Å². The number of sulfonamides is 1. The number of carbonyl (C=O) groups excluding carboxylic acids is 1. The van der Waals surface area contributed by atoms with E-state index in [-0.39, 0.29) is 10.8 Å². The zero-order chi connectivity index (χ0) is 15.6. The number of rotatable bonds is 3. The Bertz CT molecular complexity index is 678. The van der Waals surface area contributed by atoms with Crippen LogP contribution in [0.25, 0.3) is 0 Å². The first-order chi connectivity index (χ1) is 9.87. The fourth-order valence-electron chi connectivity index (χ4n) is 2.65. The fourth-order valence-corrected chi connectivity index (χ4v) is 4.40. The molecule has 0 amide bonds. The number of hydrogen-bond acceptors (Lipinski definition) is 4. The van der Waals surface area contributed by atoms with Crippen LogP contribution in [0.5, 0.6) is 0 Å².